The van der Waals surface area contributed by atoms with Crippen molar-refractivity contribution in [3.05, 3.63) is 64.5 Å². The summed E-state index contributed by atoms with van der Waals surface area (Å²) in [6, 6.07) is 11.9. The van der Waals surface area contributed by atoms with Gasteiger partial charge in [0.25, 0.3) is 0 Å². The summed E-state index contributed by atoms with van der Waals surface area (Å²) in [5.74, 6) is -0.00633. The molecule has 22 heavy (non-hydrogen) atoms. The molecule has 0 fully saturated rings. The topological polar surface area (TPSA) is 46.9 Å². The minimum atomic E-state index is -0.00633. The van der Waals surface area contributed by atoms with Gasteiger partial charge in [-0.05, 0) is 46.6 Å². The van der Waals surface area contributed by atoms with Crippen LogP contribution in [0.3, 0.4) is 0 Å². The number of hydrogen-bond donors (Lipinski definition) is 1. The summed E-state index contributed by atoms with van der Waals surface area (Å²) in [6.45, 7) is 2.84. The summed E-state index contributed by atoms with van der Waals surface area (Å²) in [6.07, 6.45) is 3.45. The zero-order chi connectivity index (χ0) is 15.5. The number of aromatic nitrogens is 2. The van der Waals surface area contributed by atoms with Crippen LogP contribution in [0.2, 0.25) is 0 Å². The Bertz CT molecular complexity index is 811. The Hall–Kier alpha value is -2.14. The van der Waals surface area contributed by atoms with E-state index in [0.29, 0.717) is 13.1 Å². The minimum Gasteiger partial charge on any atom is -0.350 e. The second-order valence-corrected chi connectivity index (χ2v) is 5.93. The second kappa shape index (κ2) is 6.32. The number of fused-ring (bicyclic) bond motifs is 1. The quantitative estimate of drug-likeness (QED) is 0.777. The number of carbonyl (C=O) groups is 1. The van der Waals surface area contributed by atoms with Crippen LogP contribution >= 0.6 is 15.9 Å². The summed E-state index contributed by atoms with van der Waals surface area (Å²) in [4.78, 5) is 16.2. The lowest BCUT2D eigenvalue weighted by Gasteiger charge is -2.09. The van der Waals surface area contributed by atoms with Crippen LogP contribution in [0.1, 0.15) is 11.3 Å². The third-order valence-electron chi connectivity index (χ3n) is 3.69. The number of rotatable bonds is 4. The first kappa shape index (κ1) is 14.8. The molecular formula is C17H16BrN3O. The molecule has 3 aromatic rings. The van der Waals surface area contributed by atoms with Crippen molar-refractivity contribution in [2.45, 2.75) is 20.0 Å². The van der Waals surface area contributed by atoms with E-state index in [-0.39, 0.29) is 5.91 Å². The van der Waals surface area contributed by atoms with Gasteiger partial charge in [-0.25, -0.2) is 0 Å². The van der Waals surface area contributed by atoms with Crippen molar-refractivity contribution in [1.82, 2.24) is 14.9 Å². The van der Waals surface area contributed by atoms with Gasteiger partial charge in [0.1, 0.15) is 6.54 Å². The van der Waals surface area contributed by atoms with Gasteiger partial charge in [0, 0.05) is 40.0 Å². The fourth-order valence-corrected chi connectivity index (χ4v) is 3.04. The lowest BCUT2D eigenvalue weighted by molar-refractivity contribution is -0.121. The number of hydrogen-bond acceptors (Lipinski definition) is 2. The van der Waals surface area contributed by atoms with Crippen molar-refractivity contribution in [2.24, 2.45) is 0 Å². The van der Waals surface area contributed by atoms with Crippen molar-refractivity contribution in [2.75, 3.05) is 0 Å². The highest BCUT2D eigenvalue weighted by molar-refractivity contribution is 9.10. The number of amides is 1. The summed E-state index contributed by atoms with van der Waals surface area (Å²) < 4.78 is 3.08. The molecule has 0 aliphatic rings. The predicted octanol–water partition coefficient (Wildman–Crippen LogP) is 3.42. The lowest BCUT2D eigenvalue weighted by Crippen LogP contribution is -2.27. The van der Waals surface area contributed by atoms with Gasteiger partial charge >= 0.3 is 0 Å². The number of carbonyl (C=O) groups excluding carboxylic acids is 1. The molecule has 2 heterocycles. The monoisotopic (exact) mass is 357 g/mol. The number of pyridine rings is 1. The van der Waals surface area contributed by atoms with Gasteiger partial charge in [0.05, 0.1) is 0 Å². The maximum atomic E-state index is 12.2. The highest BCUT2D eigenvalue weighted by atomic mass is 79.9. The number of benzene rings is 1. The van der Waals surface area contributed by atoms with Gasteiger partial charge < -0.3 is 9.88 Å². The van der Waals surface area contributed by atoms with Gasteiger partial charge in [0.15, 0.2) is 0 Å². The molecule has 0 aliphatic heterocycles. The van der Waals surface area contributed by atoms with E-state index in [2.05, 4.69) is 32.3 Å². The third kappa shape index (κ3) is 2.90. The van der Waals surface area contributed by atoms with E-state index in [1.807, 2.05) is 41.8 Å². The Balaban J connectivity index is 1.76. The molecule has 0 aliphatic carbocycles. The predicted molar refractivity (Wildman–Crippen MR) is 90.5 cm³/mol. The van der Waals surface area contributed by atoms with Crippen molar-refractivity contribution in [3.8, 4) is 0 Å². The Morgan fingerprint density at radius 3 is 2.73 bits per heavy atom. The minimum absolute atomic E-state index is 0.00633. The molecule has 0 saturated heterocycles. The van der Waals surface area contributed by atoms with Crippen molar-refractivity contribution >= 4 is 32.7 Å². The fraction of sp³-hybridized carbons (Fsp3) is 0.176. The Labute approximate surface area is 137 Å². The molecule has 112 valence electrons. The smallest absolute Gasteiger partial charge is 0.240 e. The Kier molecular flexibility index (Phi) is 4.24. The zero-order valence-electron chi connectivity index (χ0n) is 12.2. The largest absolute Gasteiger partial charge is 0.350 e. The molecule has 0 unspecified atom stereocenters. The molecule has 1 aromatic carbocycles. The zero-order valence-corrected chi connectivity index (χ0v) is 13.8. The van der Waals surface area contributed by atoms with Crippen molar-refractivity contribution in [1.29, 1.82) is 0 Å². The van der Waals surface area contributed by atoms with E-state index < -0.39 is 0 Å². The molecule has 1 amide bonds. The van der Waals surface area contributed by atoms with Crippen molar-refractivity contribution in [3.63, 3.8) is 0 Å². The molecular weight excluding hydrogens is 342 g/mol. The first-order valence-electron chi connectivity index (χ1n) is 7.05. The normalized spacial score (nSPS) is 10.8. The van der Waals surface area contributed by atoms with Crippen LogP contribution in [0.15, 0.2) is 53.3 Å². The van der Waals surface area contributed by atoms with Crippen LogP contribution in [-0.4, -0.2) is 15.5 Å². The van der Waals surface area contributed by atoms with Crippen LogP contribution in [0.4, 0.5) is 0 Å². The number of para-hydroxylation sites is 1. The second-order valence-electron chi connectivity index (χ2n) is 5.13. The molecule has 0 atom stereocenters. The molecule has 3 rings (SSSR count). The van der Waals surface area contributed by atoms with Crippen LogP contribution < -0.4 is 5.32 Å². The molecule has 5 heteroatoms. The summed E-state index contributed by atoms with van der Waals surface area (Å²) in [5.41, 5.74) is 3.16. The number of halogens is 1. The highest BCUT2D eigenvalue weighted by Gasteiger charge is 2.13. The van der Waals surface area contributed by atoms with Crippen LogP contribution in [0.25, 0.3) is 10.9 Å². The van der Waals surface area contributed by atoms with Crippen LogP contribution in [-0.2, 0) is 17.9 Å². The number of nitrogens with one attached hydrogen (secondary N) is 1. The average molecular weight is 358 g/mol. The molecule has 2 aromatic heterocycles. The summed E-state index contributed by atoms with van der Waals surface area (Å²) >= 11 is 3.61. The van der Waals surface area contributed by atoms with Crippen LogP contribution in [0, 0.1) is 6.92 Å². The van der Waals surface area contributed by atoms with E-state index in [9.17, 15) is 4.79 Å². The third-order valence-corrected chi connectivity index (χ3v) is 4.70. The van der Waals surface area contributed by atoms with E-state index in [4.69, 9.17) is 0 Å². The molecule has 0 radical (unpaired) electrons. The average Bonchev–Trinajstić information content (AvgIpc) is 2.79. The Morgan fingerprint density at radius 2 is 1.95 bits per heavy atom. The fourth-order valence-electron chi connectivity index (χ4n) is 2.49. The van der Waals surface area contributed by atoms with E-state index in [0.717, 1.165) is 26.6 Å². The molecule has 1 N–H and O–H groups in total. The van der Waals surface area contributed by atoms with E-state index >= 15 is 0 Å². The maximum Gasteiger partial charge on any atom is 0.240 e. The first-order valence-corrected chi connectivity index (χ1v) is 7.85. The maximum absolute atomic E-state index is 12.2. The van der Waals surface area contributed by atoms with Gasteiger partial charge in [0.2, 0.25) is 5.91 Å². The van der Waals surface area contributed by atoms with E-state index in [1.165, 1.54) is 0 Å². The molecule has 0 spiro atoms. The van der Waals surface area contributed by atoms with Gasteiger partial charge in [-0.2, -0.15) is 0 Å². The summed E-state index contributed by atoms with van der Waals surface area (Å²) in [7, 11) is 0. The number of nitrogens with zero attached hydrogens (tertiary/aromatic N) is 2. The van der Waals surface area contributed by atoms with E-state index in [1.54, 1.807) is 12.4 Å². The molecule has 0 bridgehead atoms. The van der Waals surface area contributed by atoms with Gasteiger partial charge in [-0.1, -0.05) is 18.2 Å². The lowest BCUT2D eigenvalue weighted by atomic mass is 10.2. The first-order chi connectivity index (χ1) is 10.7. The van der Waals surface area contributed by atoms with Crippen LogP contribution in [0.5, 0.6) is 0 Å². The van der Waals surface area contributed by atoms with Crippen molar-refractivity contribution < 1.29 is 4.79 Å². The highest BCUT2D eigenvalue weighted by Crippen LogP contribution is 2.30. The Morgan fingerprint density at radius 1 is 1.23 bits per heavy atom. The molecule has 4 nitrogen and oxygen atoms in total. The SMILES string of the molecule is Cc1c(Br)c2ccccc2n1CC(=O)NCc1ccncc1. The summed E-state index contributed by atoms with van der Waals surface area (Å²) in [5, 5.41) is 4.07. The standard InChI is InChI=1S/C17H16BrN3O/c1-12-17(18)14-4-2-3-5-15(14)21(12)11-16(22)20-10-13-6-8-19-9-7-13/h2-9H,10-11H2,1H3,(H,20,22). The molecule has 0 saturated carbocycles. The van der Waals surface area contributed by atoms with Gasteiger partial charge in [-0.15, -0.1) is 0 Å². The van der Waals surface area contributed by atoms with Gasteiger partial charge in [-0.3, -0.25) is 9.78 Å².